The predicted octanol–water partition coefficient (Wildman–Crippen LogP) is 2.63. The Hall–Kier alpha value is -0.340. The van der Waals surface area contributed by atoms with Crippen molar-refractivity contribution in [1.82, 2.24) is 0 Å². The molecule has 0 amide bonds. The molecule has 0 aliphatic heterocycles. The highest BCUT2D eigenvalue weighted by molar-refractivity contribution is 5.11. The number of ether oxygens (including phenoxy) is 1. The van der Waals surface area contributed by atoms with Gasteiger partial charge in [-0.15, -0.1) is 0 Å². The van der Waals surface area contributed by atoms with Gasteiger partial charge in [0.25, 0.3) is 0 Å². The van der Waals surface area contributed by atoms with E-state index >= 15 is 0 Å². The summed E-state index contributed by atoms with van der Waals surface area (Å²) in [5, 5.41) is 0. The van der Waals surface area contributed by atoms with Gasteiger partial charge in [-0.05, 0) is 39.0 Å². The lowest BCUT2D eigenvalue weighted by atomic mass is 10.0. The molecule has 1 unspecified atom stereocenters. The lowest BCUT2D eigenvalue weighted by Gasteiger charge is -2.14. The van der Waals surface area contributed by atoms with Gasteiger partial charge in [-0.1, -0.05) is 18.1 Å². The molecule has 0 aromatic heterocycles. The summed E-state index contributed by atoms with van der Waals surface area (Å²) < 4.78 is 5.32. The minimum Gasteiger partial charge on any atom is -0.382 e. The van der Waals surface area contributed by atoms with Crippen molar-refractivity contribution in [2.45, 2.75) is 51.5 Å². The van der Waals surface area contributed by atoms with Gasteiger partial charge in [0.05, 0.1) is 0 Å². The molecule has 1 aliphatic carbocycles. The van der Waals surface area contributed by atoms with Crippen molar-refractivity contribution in [2.24, 2.45) is 5.73 Å². The van der Waals surface area contributed by atoms with Crippen LogP contribution in [0.1, 0.15) is 45.4 Å². The van der Waals surface area contributed by atoms with Gasteiger partial charge in [0.15, 0.2) is 0 Å². The summed E-state index contributed by atoms with van der Waals surface area (Å²) in [6, 6.07) is 0.236. The Morgan fingerprint density at radius 2 is 2.29 bits per heavy atom. The highest BCUT2D eigenvalue weighted by Gasteiger charge is 2.10. The van der Waals surface area contributed by atoms with Crippen LogP contribution < -0.4 is 5.73 Å². The van der Waals surface area contributed by atoms with Crippen molar-refractivity contribution in [1.29, 1.82) is 0 Å². The van der Waals surface area contributed by atoms with Crippen LogP contribution in [0.5, 0.6) is 0 Å². The first-order valence-electron chi connectivity index (χ1n) is 5.87. The molecule has 0 radical (unpaired) electrons. The van der Waals surface area contributed by atoms with Crippen LogP contribution in [0.2, 0.25) is 0 Å². The molecule has 0 fully saturated rings. The molecule has 0 heterocycles. The van der Waals surface area contributed by atoms with Gasteiger partial charge in [-0.3, -0.25) is 0 Å². The number of allylic oxidation sites excluding steroid dienone is 1. The summed E-state index contributed by atoms with van der Waals surface area (Å²) in [6.07, 6.45) is 9.75. The molecule has 0 spiro atoms. The smallest absolute Gasteiger partial charge is 0.0483 e. The quantitative estimate of drug-likeness (QED) is 0.543. The zero-order valence-electron chi connectivity index (χ0n) is 9.30. The van der Waals surface area contributed by atoms with Gasteiger partial charge in [-0.25, -0.2) is 0 Å². The molecule has 14 heavy (non-hydrogen) atoms. The van der Waals surface area contributed by atoms with Crippen LogP contribution in [0.15, 0.2) is 11.6 Å². The minimum atomic E-state index is 0.236. The average molecular weight is 197 g/mol. The summed E-state index contributed by atoms with van der Waals surface area (Å²) >= 11 is 0. The summed E-state index contributed by atoms with van der Waals surface area (Å²) in [6.45, 7) is 3.62. The first-order chi connectivity index (χ1) is 6.84. The van der Waals surface area contributed by atoms with Crippen LogP contribution in [-0.2, 0) is 4.74 Å². The zero-order chi connectivity index (χ0) is 10.2. The van der Waals surface area contributed by atoms with E-state index in [1.165, 1.54) is 37.7 Å². The number of hydrogen-bond acceptors (Lipinski definition) is 2. The van der Waals surface area contributed by atoms with Crippen LogP contribution in [0.3, 0.4) is 0 Å². The third-order valence-corrected chi connectivity index (χ3v) is 2.83. The molecule has 1 rings (SSSR count). The van der Waals surface area contributed by atoms with Crippen LogP contribution in [0.25, 0.3) is 0 Å². The first kappa shape index (κ1) is 11.7. The molecule has 2 nitrogen and oxygen atoms in total. The lowest BCUT2D eigenvalue weighted by molar-refractivity contribution is 0.142. The zero-order valence-corrected chi connectivity index (χ0v) is 9.30. The Morgan fingerprint density at radius 3 is 3.07 bits per heavy atom. The highest BCUT2D eigenvalue weighted by atomic mass is 16.5. The molecule has 0 saturated carbocycles. The monoisotopic (exact) mass is 197 g/mol. The van der Waals surface area contributed by atoms with Gasteiger partial charge in [-0.2, -0.15) is 0 Å². The van der Waals surface area contributed by atoms with E-state index in [1.807, 2.05) is 6.92 Å². The molecule has 82 valence electrons. The minimum absolute atomic E-state index is 0.236. The topological polar surface area (TPSA) is 35.2 Å². The van der Waals surface area contributed by atoms with E-state index in [4.69, 9.17) is 10.5 Å². The largest absolute Gasteiger partial charge is 0.382 e. The fraction of sp³-hybridized carbons (Fsp3) is 0.833. The van der Waals surface area contributed by atoms with E-state index in [9.17, 15) is 0 Å². The Balaban J connectivity index is 2.26. The molecule has 1 atom stereocenters. The van der Waals surface area contributed by atoms with E-state index < -0.39 is 0 Å². The highest BCUT2D eigenvalue weighted by Crippen LogP contribution is 2.20. The molecule has 0 bridgehead atoms. The fourth-order valence-corrected chi connectivity index (χ4v) is 1.92. The number of nitrogens with two attached hydrogens (primary N) is 1. The van der Waals surface area contributed by atoms with Crippen LogP contribution in [-0.4, -0.2) is 19.3 Å². The molecule has 1 aliphatic rings. The van der Waals surface area contributed by atoms with Crippen molar-refractivity contribution in [3.05, 3.63) is 11.6 Å². The summed E-state index contributed by atoms with van der Waals surface area (Å²) in [4.78, 5) is 0. The normalized spacial score (nSPS) is 20.0. The Labute approximate surface area is 87.5 Å². The molecular formula is C12H23NO. The molecular weight excluding hydrogens is 174 g/mol. The molecule has 2 heteroatoms. The van der Waals surface area contributed by atoms with Gasteiger partial charge in [0.1, 0.15) is 0 Å². The number of hydrogen-bond donors (Lipinski definition) is 1. The SMILES string of the molecule is CCOCCC(N)C1=CCCCCC1. The number of rotatable bonds is 5. The maximum Gasteiger partial charge on any atom is 0.0483 e. The summed E-state index contributed by atoms with van der Waals surface area (Å²) in [5.74, 6) is 0. The Kier molecular flexibility index (Phi) is 5.88. The van der Waals surface area contributed by atoms with E-state index in [2.05, 4.69) is 6.08 Å². The Bertz CT molecular complexity index is 177. The fourth-order valence-electron chi connectivity index (χ4n) is 1.92. The van der Waals surface area contributed by atoms with Crippen molar-refractivity contribution in [3.63, 3.8) is 0 Å². The van der Waals surface area contributed by atoms with E-state index in [-0.39, 0.29) is 6.04 Å². The predicted molar refractivity (Wildman–Crippen MR) is 60.3 cm³/mol. The van der Waals surface area contributed by atoms with Gasteiger partial charge >= 0.3 is 0 Å². The van der Waals surface area contributed by atoms with Crippen molar-refractivity contribution in [3.8, 4) is 0 Å². The maximum atomic E-state index is 6.11. The average Bonchev–Trinajstić information content (AvgIpc) is 2.46. The molecule has 0 aromatic rings. The van der Waals surface area contributed by atoms with Crippen molar-refractivity contribution >= 4 is 0 Å². The van der Waals surface area contributed by atoms with Gasteiger partial charge < -0.3 is 10.5 Å². The third kappa shape index (κ3) is 4.25. The Morgan fingerprint density at radius 1 is 1.43 bits per heavy atom. The van der Waals surface area contributed by atoms with Gasteiger partial charge in [0, 0.05) is 19.3 Å². The lowest BCUT2D eigenvalue weighted by Crippen LogP contribution is -2.24. The van der Waals surface area contributed by atoms with Crippen LogP contribution in [0, 0.1) is 0 Å². The van der Waals surface area contributed by atoms with Crippen LogP contribution in [0.4, 0.5) is 0 Å². The second kappa shape index (κ2) is 7.02. The first-order valence-corrected chi connectivity index (χ1v) is 5.87. The third-order valence-electron chi connectivity index (χ3n) is 2.83. The van der Waals surface area contributed by atoms with E-state index in [1.54, 1.807) is 0 Å². The molecule has 2 N–H and O–H groups in total. The second-order valence-corrected chi connectivity index (χ2v) is 3.97. The van der Waals surface area contributed by atoms with Crippen LogP contribution >= 0.6 is 0 Å². The molecule has 0 aromatic carbocycles. The van der Waals surface area contributed by atoms with E-state index in [0.29, 0.717) is 0 Å². The van der Waals surface area contributed by atoms with Gasteiger partial charge in [0.2, 0.25) is 0 Å². The maximum absolute atomic E-state index is 6.11. The summed E-state index contributed by atoms with van der Waals surface area (Å²) in [7, 11) is 0. The van der Waals surface area contributed by atoms with Crippen molar-refractivity contribution < 1.29 is 4.74 Å². The van der Waals surface area contributed by atoms with Crippen molar-refractivity contribution in [2.75, 3.05) is 13.2 Å². The van der Waals surface area contributed by atoms with E-state index in [0.717, 1.165) is 19.6 Å². The standard InChI is InChI=1S/C12H23NO/c1-2-14-10-9-12(13)11-7-5-3-4-6-8-11/h7,12H,2-6,8-10,13H2,1H3. The second-order valence-electron chi connectivity index (χ2n) is 3.97. The molecule has 0 saturated heterocycles. The summed E-state index contributed by atoms with van der Waals surface area (Å²) in [5.41, 5.74) is 7.57.